The number of hydrogen-bond donors (Lipinski definition) is 0. The third kappa shape index (κ3) is 2.90. The van der Waals surface area contributed by atoms with Gasteiger partial charge in [0, 0.05) is 24.9 Å². The molecule has 0 radical (unpaired) electrons. The standard InChI is InChI=1S/C22H23NO3/c24-17-11-13-22(14-12-17)20-10-5-4-9-19(20)21(25)23(22)15-6-16-26-18-7-2-1-3-8-18/h1-5,7-10H,6,11-16H2. The molecule has 2 aromatic carbocycles. The van der Waals surface area contributed by atoms with E-state index < -0.39 is 0 Å². The average Bonchev–Trinajstić information content (AvgIpc) is 2.91. The predicted octanol–water partition coefficient (Wildman–Crippen LogP) is 3.95. The number of ketones is 1. The van der Waals surface area contributed by atoms with Gasteiger partial charge in [0.2, 0.25) is 0 Å². The van der Waals surface area contributed by atoms with Crippen molar-refractivity contribution in [1.29, 1.82) is 0 Å². The number of rotatable bonds is 5. The number of carbonyl (C=O) groups excluding carboxylic acids is 2. The Morgan fingerprint density at radius 2 is 1.62 bits per heavy atom. The fourth-order valence-corrected chi connectivity index (χ4v) is 4.29. The van der Waals surface area contributed by atoms with Gasteiger partial charge in [-0.1, -0.05) is 36.4 Å². The maximum atomic E-state index is 13.0. The lowest BCUT2D eigenvalue weighted by Gasteiger charge is -2.42. The Hall–Kier alpha value is -2.62. The monoisotopic (exact) mass is 349 g/mol. The van der Waals surface area contributed by atoms with Crippen molar-refractivity contribution in [3.05, 3.63) is 65.7 Å². The van der Waals surface area contributed by atoms with Gasteiger partial charge in [-0.25, -0.2) is 0 Å². The van der Waals surface area contributed by atoms with E-state index >= 15 is 0 Å². The second-order valence-electron chi connectivity index (χ2n) is 7.09. The van der Waals surface area contributed by atoms with Crippen LogP contribution in [0.3, 0.4) is 0 Å². The van der Waals surface area contributed by atoms with Crippen LogP contribution in [-0.4, -0.2) is 29.7 Å². The summed E-state index contributed by atoms with van der Waals surface area (Å²) in [6.07, 6.45) is 3.34. The summed E-state index contributed by atoms with van der Waals surface area (Å²) < 4.78 is 5.78. The topological polar surface area (TPSA) is 46.6 Å². The van der Waals surface area contributed by atoms with E-state index in [-0.39, 0.29) is 11.4 Å². The molecule has 0 saturated heterocycles. The number of amides is 1. The van der Waals surface area contributed by atoms with Gasteiger partial charge in [-0.05, 0) is 43.0 Å². The summed E-state index contributed by atoms with van der Waals surface area (Å²) in [6, 6.07) is 17.6. The van der Waals surface area contributed by atoms with Crippen molar-refractivity contribution in [2.45, 2.75) is 37.6 Å². The van der Waals surface area contributed by atoms with Crippen molar-refractivity contribution >= 4 is 11.7 Å². The molecule has 0 bridgehead atoms. The van der Waals surface area contributed by atoms with Crippen molar-refractivity contribution in [3.8, 4) is 5.75 Å². The maximum absolute atomic E-state index is 13.0. The minimum Gasteiger partial charge on any atom is -0.494 e. The molecule has 1 heterocycles. The van der Waals surface area contributed by atoms with Gasteiger partial charge in [-0.15, -0.1) is 0 Å². The molecule has 1 aliphatic carbocycles. The summed E-state index contributed by atoms with van der Waals surface area (Å²) in [5, 5.41) is 0. The van der Waals surface area contributed by atoms with Gasteiger partial charge >= 0.3 is 0 Å². The van der Waals surface area contributed by atoms with Crippen LogP contribution in [0.15, 0.2) is 54.6 Å². The molecule has 4 rings (SSSR count). The summed E-state index contributed by atoms with van der Waals surface area (Å²) in [6.45, 7) is 1.22. The Labute approximate surface area is 153 Å². The zero-order valence-corrected chi connectivity index (χ0v) is 14.8. The molecule has 1 spiro atoms. The lowest BCUT2D eigenvalue weighted by Crippen LogP contribution is -2.47. The van der Waals surface area contributed by atoms with Crippen molar-refractivity contribution < 1.29 is 14.3 Å². The van der Waals surface area contributed by atoms with Crippen LogP contribution in [0.25, 0.3) is 0 Å². The molecule has 0 aromatic heterocycles. The molecule has 1 amide bonds. The van der Waals surface area contributed by atoms with Crippen molar-refractivity contribution in [2.75, 3.05) is 13.2 Å². The molecule has 1 aliphatic heterocycles. The Morgan fingerprint density at radius 1 is 0.923 bits per heavy atom. The molecule has 0 N–H and O–H groups in total. The van der Waals surface area contributed by atoms with E-state index in [4.69, 9.17) is 4.74 Å². The third-order valence-electron chi connectivity index (χ3n) is 5.59. The summed E-state index contributed by atoms with van der Waals surface area (Å²) in [5.41, 5.74) is 1.58. The Morgan fingerprint density at radius 3 is 2.38 bits per heavy atom. The first-order chi connectivity index (χ1) is 12.7. The van der Waals surface area contributed by atoms with E-state index in [1.807, 2.05) is 53.4 Å². The number of fused-ring (bicyclic) bond motifs is 2. The summed E-state index contributed by atoms with van der Waals surface area (Å²) in [4.78, 5) is 26.8. The lowest BCUT2D eigenvalue weighted by molar-refractivity contribution is -0.122. The highest BCUT2D eigenvalue weighted by Crippen LogP contribution is 2.47. The minimum absolute atomic E-state index is 0.0923. The van der Waals surface area contributed by atoms with E-state index in [9.17, 15) is 9.59 Å². The van der Waals surface area contributed by atoms with Gasteiger partial charge in [0.25, 0.3) is 5.91 Å². The summed E-state index contributed by atoms with van der Waals surface area (Å²) >= 11 is 0. The number of nitrogens with zero attached hydrogens (tertiary/aromatic N) is 1. The number of para-hydroxylation sites is 1. The normalized spacial score (nSPS) is 18.2. The zero-order valence-electron chi connectivity index (χ0n) is 14.8. The van der Waals surface area contributed by atoms with Crippen LogP contribution in [0.5, 0.6) is 5.75 Å². The van der Waals surface area contributed by atoms with Gasteiger partial charge in [-0.3, -0.25) is 9.59 Å². The lowest BCUT2D eigenvalue weighted by atomic mass is 9.76. The van der Waals surface area contributed by atoms with E-state index in [1.54, 1.807) is 0 Å². The van der Waals surface area contributed by atoms with E-state index in [2.05, 4.69) is 6.07 Å². The molecule has 2 aromatic rings. The van der Waals surface area contributed by atoms with Crippen LogP contribution >= 0.6 is 0 Å². The molecular weight excluding hydrogens is 326 g/mol. The number of Topliss-reactive ketones (excluding diaryl/α,β-unsaturated/α-hetero) is 1. The van der Waals surface area contributed by atoms with Gasteiger partial charge < -0.3 is 9.64 Å². The van der Waals surface area contributed by atoms with Gasteiger partial charge in [-0.2, -0.15) is 0 Å². The molecule has 1 saturated carbocycles. The highest BCUT2D eigenvalue weighted by molar-refractivity contribution is 6.00. The smallest absolute Gasteiger partial charge is 0.254 e. The first kappa shape index (κ1) is 16.8. The highest BCUT2D eigenvalue weighted by Gasteiger charge is 2.50. The summed E-state index contributed by atoms with van der Waals surface area (Å²) in [5.74, 6) is 1.25. The van der Waals surface area contributed by atoms with Crippen molar-refractivity contribution in [2.24, 2.45) is 0 Å². The van der Waals surface area contributed by atoms with Crippen LogP contribution in [-0.2, 0) is 10.3 Å². The first-order valence-electron chi connectivity index (χ1n) is 9.32. The quantitative estimate of drug-likeness (QED) is 0.768. The third-order valence-corrected chi connectivity index (χ3v) is 5.59. The molecule has 26 heavy (non-hydrogen) atoms. The molecule has 0 unspecified atom stereocenters. The van der Waals surface area contributed by atoms with Crippen LogP contribution in [0.1, 0.15) is 48.0 Å². The van der Waals surface area contributed by atoms with Gasteiger partial charge in [0.15, 0.2) is 0 Å². The van der Waals surface area contributed by atoms with Gasteiger partial charge in [0.1, 0.15) is 11.5 Å². The second-order valence-corrected chi connectivity index (χ2v) is 7.09. The van der Waals surface area contributed by atoms with Crippen LogP contribution in [0.2, 0.25) is 0 Å². The number of hydrogen-bond acceptors (Lipinski definition) is 3. The van der Waals surface area contributed by atoms with E-state index in [0.29, 0.717) is 31.8 Å². The fourth-order valence-electron chi connectivity index (χ4n) is 4.29. The Bertz CT molecular complexity index is 805. The van der Waals surface area contributed by atoms with Crippen LogP contribution in [0.4, 0.5) is 0 Å². The predicted molar refractivity (Wildman–Crippen MR) is 99.2 cm³/mol. The van der Waals surface area contributed by atoms with E-state index in [1.165, 1.54) is 0 Å². The molecule has 0 atom stereocenters. The fraction of sp³-hybridized carbons (Fsp3) is 0.364. The molecule has 134 valence electrons. The molecule has 4 nitrogen and oxygen atoms in total. The second kappa shape index (κ2) is 6.94. The van der Waals surface area contributed by atoms with Gasteiger partial charge in [0.05, 0.1) is 12.1 Å². The largest absolute Gasteiger partial charge is 0.494 e. The highest BCUT2D eigenvalue weighted by atomic mass is 16.5. The van der Waals surface area contributed by atoms with Crippen molar-refractivity contribution in [3.63, 3.8) is 0 Å². The number of carbonyl (C=O) groups is 2. The number of ether oxygens (including phenoxy) is 1. The van der Waals surface area contributed by atoms with Crippen LogP contribution < -0.4 is 4.74 Å². The Kier molecular flexibility index (Phi) is 4.49. The van der Waals surface area contributed by atoms with E-state index in [0.717, 1.165) is 36.1 Å². The molecular formula is C22H23NO3. The Balaban J connectivity index is 1.49. The minimum atomic E-state index is -0.311. The molecule has 2 aliphatic rings. The zero-order chi connectivity index (χ0) is 18.0. The molecule has 1 fully saturated rings. The first-order valence-corrected chi connectivity index (χ1v) is 9.32. The molecule has 4 heteroatoms. The maximum Gasteiger partial charge on any atom is 0.254 e. The SMILES string of the molecule is O=C1CCC2(CC1)c1ccccc1C(=O)N2CCCOc1ccccc1. The van der Waals surface area contributed by atoms with Crippen LogP contribution in [0, 0.1) is 0 Å². The average molecular weight is 349 g/mol. The number of benzene rings is 2. The van der Waals surface area contributed by atoms with Crippen molar-refractivity contribution in [1.82, 2.24) is 4.90 Å². The summed E-state index contributed by atoms with van der Waals surface area (Å²) in [7, 11) is 0.